The summed E-state index contributed by atoms with van der Waals surface area (Å²) in [5, 5.41) is 13.1. The summed E-state index contributed by atoms with van der Waals surface area (Å²) in [4.78, 5) is 16.5. The van der Waals surface area contributed by atoms with E-state index in [4.69, 9.17) is 21.4 Å². The molecule has 2 aliphatic rings. The van der Waals surface area contributed by atoms with Crippen LogP contribution in [-0.4, -0.2) is 69.7 Å². The molecule has 1 fully saturated rings. The van der Waals surface area contributed by atoms with Crippen LogP contribution in [0.25, 0.3) is 20.7 Å². The molecule has 1 aliphatic heterocycles. The van der Waals surface area contributed by atoms with Crippen molar-refractivity contribution >= 4 is 44.7 Å². The number of benzene rings is 2. The second-order valence-electron chi connectivity index (χ2n) is 11.3. The van der Waals surface area contributed by atoms with E-state index < -0.39 is 0 Å². The topological polar surface area (TPSA) is 82.2 Å². The zero-order valence-electron chi connectivity index (χ0n) is 24.0. The second kappa shape index (κ2) is 12.2. The number of piperazine rings is 1. The molecule has 0 saturated carbocycles. The van der Waals surface area contributed by atoms with Crippen molar-refractivity contribution in [2.24, 2.45) is 0 Å². The number of hydrogen-bond acceptors (Lipinski definition) is 8. The number of likely N-dealkylation sites (N-methyl/N-ethyl adjacent to an activating group) is 1. The largest absolute Gasteiger partial charge is 0.487 e. The molecular weight excluding hydrogens is 585 g/mol. The van der Waals surface area contributed by atoms with Gasteiger partial charge < -0.3 is 19.9 Å². The molecule has 0 unspecified atom stereocenters. The van der Waals surface area contributed by atoms with Crippen molar-refractivity contribution in [1.29, 1.82) is 0 Å². The fourth-order valence-corrected chi connectivity index (χ4v) is 7.51. The zero-order chi connectivity index (χ0) is 29.3. The molecule has 5 aromatic rings. The number of rotatable bonds is 9. The minimum Gasteiger partial charge on any atom is -0.487 e. The summed E-state index contributed by atoms with van der Waals surface area (Å²) in [6.45, 7) is 5.89. The minimum atomic E-state index is -0.292. The Morgan fingerprint density at radius 3 is 2.81 bits per heavy atom. The van der Waals surface area contributed by atoms with Gasteiger partial charge in [0, 0.05) is 48.0 Å². The molecule has 3 aromatic heterocycles. The molecule has 0 bridgehead atoms. The van der Waals surface area contributed by atoms with Gasteiger partial charge in [-0.1, -0.05) is 23.7 Å². The SMILES string of the molecule is CN1CCN(CCCc2n[nH]c3c2-c2sc4ncnc(Nc5ccc(OCc6cccc(F)c6)c(Cl)c5)c4c2CC3)CC1. The lowest BCUT2D eigenvalue weighted by Crippen LogP contribution is -2.44. The molecule has 8 nitrogen and oxygen atoms in total. The van der Waals surface area contributed by atoms with Crippen molar-refractivity contribution in [2.75, 3.05) is 45.1 Å². The van der Waals surface area contributed by atoms with Crippen molar-refractivity contribution in [3.05, 3.63) is 82.1 Å². The number of aromatic nitrogens is 4. The number of ether oxygens (including phenoxy) is 1. The highest BCUT2D eigenvalue weighted by atomic mass is 35.5. The molecule has 4 heterocycles. The van der Waals surface area contributed by atoms with E-state index in [1.165, 1.54) is 33.8 Å². The Labute approximate surface area is 258 Å². The summed E-state index contributed by atoms with van der Waals surface area (Å²) in [6.07, 6.45) is 5.47. The standard InChI is InChI=1S/C32H33ClFN7OS/c1-40-12-14-41(15-13-40)11-3-6-25-29-26(39-38-25)9-8-23-28-31(35-19-36-32(28)43-30(23)29)37-22-7-10-27(24(33)17-22)42-18-20-4-2-5-21(34)16-20/h2,4-5,7,10,16-17,19H,3,6,8-9,11-15,18H2,1H3,(H,38,39)(H,35,36,37). The predicted molar refractivity (Wildman–Crippen MR) is 170 cm³/mol. The van der Waals surface area contributed by atoms with Gasteiger partial charge in [0.25, 0.3) is 0 Å². The molecule has 0 radical (unpaired) electrons. The van der Waals surface area contributed by atoms with Crippen molar-refractivity contribution in [3.63, 3.8) is 0 Å². The Balaban J connectivity index is 1.09. The summed E-state index contributed by atoms with van der Waals surface area (Å²) in [5.41, 5.74) is 6.45. The van der Waals surface area contributed by atoms with E-state index in [0.717, 1.165) is 91.4 Å². The van der Waals surface area contributed by atoms with E-state index in [2.05, 4.69) is 37.2 Å². The molecule has 2 aromatic carbocycles. The van der Waals surface area contributed by atoms with Crippen molar-refractivity contribution in [2.45, 2.75) is 32.3 Å². The Hall–Kier alpha value is -3.57. The first-order chi connectivity index (χ1) is 21.0. The third-order valence-electron chi connectivity index (χ3n) is 8.32. The number of aromatic amines is 1. The third kappa shape index (κ3) is 5.97. The van der Waals surface area contributed by atoms with Crippen LogP contribution in [0.4, 0.5) is 15.9 Å². The highest BCUT2D eigenvalue weighted by Crippen LogP contribution is 2.46. The average molecular weight is 618 g/mol. The van der Waals surface area contributed by atoms with E-state index in [0.29, 0.717) is 10.8 Å². The van der Waals surface area contributed by atoms with E-state index >= 15 is 0 Å². The third-order valence-corrected chi connectivity index (χ3v) is 9.77. The molecule has 0 spiro atoms. The van der Waals surface area contributed by atoms with Crippen LogP contribution in [0, 0.1) is 5.82 Å². The number of fused-ring (bicyclic) bond motifs is 5. The van der Waals surface area contributed by atoms with Crippen molar-refractivity contribution in [1.82, 2.24) is 30.0 Å². The quantitative estimate of drug-likeness (QED) is 0.196. The summed E-state index contributed by atoms with van der Waals surface area (Å²) < 4.78 is 19.4. The van der Waals surface area contributed by atoms with Gasteiger partial charge in [0.2, 0.25) is 0 Å². The molecular formula is C32H33ClFN7OS. The fourth-order valence-electron chi connectivity index (χ4n) is 5.99. The molecule has 222 valence electrons. The van der Waals surface area contributed by atoms with Crippen LogP contribution in [0.15, 0.2) is 48.8 Å². The number of thiophene rings is 1. The number of nitrogens with zero attached hydrogens (tertiary/aromatic N) is 5. The second-order valence-corrected chi connectivity index (χ2v) is 12.7. The summed E-state index contributed by atoms with van der Waals surface area (Å²) in [7, 11) is 2.19. The molecule has 43 heavy (non-hydrogen) atoms. The zero-order valence-corrected chi connectivity index (χ0v) is 25.6. The molecule has 0 amide bonds. The summed E-state index contributed by atoms with van der Waals surface area (Å²) in [6, 6.07) is 11.9. The van der Waals surface area contributed by atoms with Crippen LogP contribution in [0.5, 0.6) is 5.75 Å². The van der Waals surface area contributed by atoms with E-state index in [9.17, 15) is 4.39 Å². The van der Waals surface area contributed by atoms with Crippen LogP contribution in [0.3, 0.4) is 0 Å². The molecule has 0 atom stereocenters. The van der Waals surface area contributed by atoms with Crippen LogP contribution in [0.2, 0.25) is 5.02 Å². The monoisotopic (exact) mass is 617 g/mol. The minimum absolute atomic E-state index is 0.228. The number of H-pyrrole nitrogens is 1. The van der Waals surface area contributed by atoms with E-state index in [1.807, 2.05) is 24.3 Å². The lowest BCUT2D eigenvalue weighted by Gasteiger charge is -2.32. The molecule has 7 rings (SSSR count). The van der Waals surface area contributed by atoms with Crippen LogP contribution in [-0.2, 0) is 25.9 Å². The highest BCUT2D eigenvalue weighted by Gasteiger charge is 2.28. The Morgan fingerprint density at radius 2 is 1.98 bits per heavy atom. The van der Waals surface area contributed by atoms with Crippen LogP contribution >= 0.6 is 22.9 Å². The van der Waals surface area contributed by atoms with Crippen LogP contribution < -0.4 is 10.1 Å². The maximum absolute atomic E-state index is 13.5. The summed E-state index contributed by atoms with van der Waals surface area (Å²) >= 11 is 8.30. The number of aryl methyl sites for hydroxylation is 3. The normalized spacial score (nSPS) is 15.4. The Kier molecular flexibility index (Phi) is 8.01. The summed E-state index contributed by atoms with van der Waals surface area (Å²) in [5.74, 6) is 1.00. The van der Waals surface area contributed by atoms with Gasteiger partial charge in [0.1, 0.15) is 35.1 Å². The predicted octanol–water partition coefficient (Wildman–Crippen LogP) is 6.48. The van der Waals surface area contributed by atoms with Crippen LogP contribution in [0.1, 0.15) is 28.9 Å². The Morgan fingerprint density at radius 1 is 1.09 bits per heavy atom. The van der Waals surface area contributed by atoms with Gasteiger partial charge in [0.05, 0.1) is 16.1 Å². The van der Waals surface area contributed by atoms with E-state index in [1.54, 1.807) is 23.7 Å². The van der Waals surface area contributed by atoms with Crippen molar-refractivity contribution in [3.8, 4) is 16.2 Å². The van der Waals surface area contributed by atoms with Gasteiger partial charge in [-0.25, -0.2) is 14.4 Å². The first-order valence-corrected chi connectivity index (χ1v) is 15.9. The number of hydrogen-bond donors (Lipinski definition) is 2. The Bertz CT molecular complexity index is 1760. The van der Waals surface area contributed by atoms with E-state index in [-0.39, 0.29) is 12.4 Å². The number of halogens is 2. The molecule has 11 heteroatoms. The van der Waals surface area contributed by atoms with Crippen molar-refractivity contribution < 1.29 is 9.13 Å². The van der Waals surface area contributed by atoms with Gasteiger partial charge in [-0.15, -0.1) is 11.3 Å². The lowest BCUT2D eigenvalue weighted by atomic mass is 9.92. The first-order valence-electron chi connectivity index (χ1n) is 14.7. The molecule has 1 aliphatic carbocycles. The van der Waals surface area contributed by atoms with Gasteiger partial charge in [0.15, 0.2) is 0 Å². The highest BCUT2D eigenvalue weighted by molar-refractivity contribution is 7.22. The maximum Gasteiger partial charge on any atom is 0.142 e. The average Bonchev–Trinajstić information content (AvgIpc) is 3.60. The lowest BCUT2D eigenvalue weighted by molar-refractivity contribution is 0.153. The smallest absolute Gasteiger partial charge is 0.142 e. The van der Waals surface area contributed by atoms with Gasteiger partial charge in [-0.05, 0) is 80.7 Å². The molecule has 1 saturated heterocycles. The number of anilines is 2. The van der Waals surface area contributed by atoms with Gasteiger partial charge in [-0.2, -0.15) is 5.10 Å². The molecule has 2 N–H and O–H groups in total. The first kappa shape index (κ1) is 28.2. The maximum atomic E-state index is 13.5. The number of nitrogens with one attached hydrogen (secondary N) is 2. The van der Waals surface area contributed by atoms with Gasteiger partial charge >= 0.3 is 0 Å². The fraction of sp³-hybridized carbons (Fsp3) is 0.344. The van der Waals surface area contributed by atoms with Gasteiger partial charge in [-0.3, -0.25) is 5.10 Å².